The van der Waals surface area contributed by atoms with Crippen LogP contribution in [0.2, 0.25) is 10.0 Å². The van der Waals surface area contributed by atoms with Crippen molar-refractivity contribution in [3.63, 3.8) is 0 Å². The average molecular weight is 229 g/mol. The fourth-order valence-electron chi connectivity index (χ4n) is 1.18. The third kappa shape index (κ3) is 1.29. The van der Waals surface area contributed by atoms with Gasteiger partial charge in [0.1, 0.15) is 16.2 Å². The monoisotopic (exact) mass is 228 g/mol. The summed E-state index contributed by atoms with van der Waals surface area (Å²) in [6, 6.07) is 1.58. The maximum atomic E-state index is 9.62. The fraction of sp³-hybridized carbons (Fsp3) is 0.111. The smallest absolute Gasteiger partial charge is 0.163 e. The Morgan fingerprint density at radius 3 is 2.71 bits per heavy atom. The van der Waals surface area contributed by atoms with E-state index in [-0.39, 0.29) is 15.8 Å². The average Bonchev–Trinajstić information content (AvgIpc) is 2.57. The van der Waals surface area contributed by atoms with Gasteiger partial charge in [-0.2, -0.15) is 0 Å². The van der Waals surface area contributed by atoms with Crippen molar-refractivity contribution in [1.82, 2.24) is 0 Å². The van der Waals surface area contributed by atoms with Crippen LogP contribution in [0.15, 0.2) is 27.9 Å². The second kappa shape index (κ2) is 3.26. The highest BCUT2D eigenvalue weighted by Crippen LogP contribution is 2.26. The summed E-state index contributed by atoms with van der Waals surface area (Å²) in [6.45, 7) is 1.81. The predicted octanol–water partition coefficient (Wildman–Crippen LogP) is 1.81. The number of hydrogen-bond acceptors (Lipinski definition) is 3. The molecule has 14 heavy (non-hydrogen) atoms. The molecule has 72 valence electrons. The second-order valence-electron chi connectivity index (χ2n) is 2.76. The minimum absolute atomic E-state index is 0.113. The highest BCUT2D eigenvalue weighted by molar-refractivity contribution is 6.42. The van der Waals surface area contributed by atoms with Crippen LogP contribution in [0.3, 0.4) is 0 Å². The van der Waals surface area contributed by atoms with Gasteiger partial charge in [-0.15, -0.1) is 0 Å². The normalized spacial score (nSPS) is 16.4. The number of phenols is 1. The van der Waals surface area contributed by atoms with Gasteiger partial charge in [-0.25, -0.2) is 9.98 Å². The lowest BCUT2D eigenvalue weighted by atomic mass is 10.3. The third-order valence-corrected chi connectivity index (χ3v) is 2.64. The maximum Gasteiger partial charge on any atom is 0.163 e. The van der Waals surface area contributed by atoms with Gasteiger partial charge >= 0.3 is 0 Å². The lowest BCUT2D eigenvalue weighted by Gasteiger charge is -1.96. The molecule has 0 saturated carbocycles. The lowest BCUT2D eigenvalue weighted by molar-refractivity contribution is 0.468. The SMILES string of the molecule is CC=C1N=c2cc(Cl)c(Cl)c(O)c2=N1. The van der Waals surface area contributed by atoms with E-state index in [0.29, 0.717) is 16.5 Å². The number of halogens is 2. The summed E-state index contributed by atoms with van der Waals surface area (Å²) >= 11 is 11.5. The summed E-state index contributed by atoms with van der Waals surface area (Å²) in [5.74, 6) is 0.434. The molecule has 5 heteroatoms. The first-order valence-corrected chi connectivity index (χ1v) is 4.70. The number of benzene rings is 1. The van der Waals surface area contributed by atoms with Crippen molar-refractivity contribution in [2.45, 2.75) is 6.92 Å². The molecule has 0 bridgehead atoms. The number of allylic oxidation sites excluding steroid dienone is 1. The van der Waals surface area contributed by atoms with Crippen LogP contribution >= 0.6 is 23.2 Å². The van der Waals surface area contributed by atoms with Crippen LogP contribution in [0.5, 0.6) is 5.75 Å². The van der Waals surface area contributed by atoms with Gasteiger partial charge in [0.2, 0.25) is 0 Å². The molecule has 1 N–H and O–H groups in total. The van der Waals surface area contributed by atoms with Crippen molar-refractivity contribution in [2.75, 3.05) is 0 Å². The van der Waals surface area contributed by atoms with E-state index < -0.39 is 0 Å². The van der Waals surface area contributed by atoms with Crippen molar-refractivity contribution >= 4 is 23.2 Å². The van der Waals surface area contributed by atoms with Gasteiger partial charge in [-0.1, -0.05) is 23.2 Å². The molecule has 1 aliphatic rings. The van der Waals surface area contributed by atoms with Gasteiger partial charge in [0.15, 0.2) is 5.75 Å². The highest BCUT2D eigenvalue weighted by atomic mass is 35.5. The Labute approximate surface area is 90.0 Å². The van der Waals surface area contributed by atoms with E-state index in [1.165, 1.54) is 0 Å². The van der Waals surface area contributed by atoms with Gasteiger partial charge in [-0.3, -0.25) is 0 Å². The molecule has 0 amide bonds. The number of fused-ring (bicyclic) bond motifs is 1. The molecule has 3 nitrogen and oxygen atoms in total. The first kappa shape index (κ1) is 9.49. The molecule has 0 saturated heterocycles. The van der Waals surface area contributed by atoms with Crippen LogP contribution in [-0.4, -0.2) is 5.11 Å². The number of phenolic OH excluding ortho intramolecular Hbond substituents is 1. The quantitative estimate of drug-likeness (QED) is 0.724. The molecule has 0 aromatic heterocycles. The lowest BCUT2D eigenvalue weighted by Crippen LogP contribution is -2.21. The van der Waals surface area contributed by atoms with Gasteiger partial charge in [0, 0.05) is 0 Å². The van der Waals surface area contributed by atoms with Crippen molar-refractivity contribution < 1.29 is 5.11 Å². The van der Waals surface area contributed by atoms with Crippen LogP contribution in [0.1, 0.15) is 6.92 Å². The minimum Gasteiger partial charge on any atom is -0.504 e. The molecule has 1 aromatic rings. The van der Waals surface area contributed by atoms with Gasteiger partial charge in [0.25, 0.3) is 0 Å². The molecule has 1 aliphatic heterocycles. The highest BCUT2D eigenvalue weighted by Gasteiger charge is 2.12. The van der Waals surface area contributed by atoms with Crippen LogP contribution in [0.4, 0.5) is 0 Å². The summed E-state index contributed by atoms with van der Waals surface area (Å²) in [4.78, 5) is 8.20. The van der Waals surface area contributed by atoms with Crippen LogP contribution < -0.4 is 10.7 Å². The number of hydrogen-bond donors (Lipinski definition) is 1. The molecule has 0 radical (unpaired) electrons. The molecule has 0 spiro atoms. The molecule has 0 aliphatic carbocycles. The first-order valence-electron chi connectivity index (χ1n) is 3.94. The molecule has 1 heterocycles. The largest absolute Gasteiger partial charge is 0.504 e. The topological polar surface area (TPSA) is 45.0 Å². The Morgan fingerprint density at radius 2 is 2.07 bits per heavy atom. The third-order valence-electron chi connectivity index (χ3n) is 1.87. The van der Waals surface area contributed by atoms with Crippen molar-refractivity contribution in [3.8, 4) is 5.75 Å². The predicted molar refractivity (Wildman–Crippen MR) is 54.2 cm³/mol. The van der Waals surface area contributed by atoms with E-state index in [2.05, 4.69) is 9.98 Å². The Morgan fingerprint density at radius 1 is 1.36 bits per heavy atom. The number of aromatic hydroxyl groups is 1. The standard InChI is InChI=1S/C9H6Cl2N2O/c1-2-6-12-5-3-4(10)7(11)9(14)8(5)13-6/h2-3,14H,1H3. The molecular weight excluding hydrogens is 223 g/mol. The Kier molecular flexibility index (Phi) is 2.21. The zero-order valence-corrected chi connectivity index (χ0v) is 8.76. The Bertz CT molecular complexity index is 549. The molecule has 1 aromatic carbocycles. The Hall–Kier alpha value is -1.06. The second-order valence-corrected chi connectivity index (χ2v) is 3.54. The van der Waals surface area contributed by atoms with Crippen LogP contribution in [0, 0.1) is 0 Å². The molecular formula is C9H6Cl2N2O. The van der Waals surface area contributed by atoms with Gasteiger partial charge in [0.05, 0.1) is 10.4 Å². The fourth-order valence-corrected chi connectivity index (χ4v) is 1.51. The summed E-state index contributed by atoms with van der Waals surface area (Å²) in [5.41, 5.74) is 0. The minimum atomic E-state index is -0.116. The van der Waals surface area contributed by atoms with E-state index in [0.717, 1.165) is 0 Å². The summed E-state index contributed by atoms with van der Waals surface area (Å²) < 4.78 is 0. The van der Waals surface area contributed by atoms with Crippen molar-refractivity contribution in [3.05, 3.63) is 38.7 Å². The first-order chi connectivity index (χ1) is 6.63. The maximum absolute atomic E-state index is 9.62. The summed E-state index contributed by atoms with van der Waals surface area (Å²) in [6.07, 6.45) is 1.74. The zero-order chi connectivity index (χ0) is 10.3. The van der Waals surface area contributed by atoms with Gasteiger partial charge < -0.3 is 5.11 Å². The van der Waals surface area contributed by atoms with Crippen molar-refractivity contribution in [1.29, 1.82) is 0 Å². The van der Waals surface area contributed by atoms with Crippen molar-refractivity contribution in [2.24, 2.45) is 9.98 Å². The zero-order valence-electron chi connectivity index (χ0n) is 7.25. The van der Waals surface area contributed by atoms with E-state index in [4.69, 9.17) is 23.2 Å². The van der Waals surface area contributed by atoms with E-state index in [1.54, 1.807) is 12.1 Å². The molecule has 0 atom stereocenters. The molecule has 0 unspecified atom stereocenters. The molecule has 2 rings (SSSR count). The Balaban J connectivity index is 2.90. The summed E-state index contributed by atoms with van der Waals surface area (Å²) in [7, 11) is 0. The van der Waals surface area contributed by atoms with E-state index >= 15 is 0 Å². The molecule has 0 fully saturated rings. The number of nitrogens with zero attached hydrogens (tertiary/aromatic N) is 2. The van der Waals surface area contributed by atoms with Gasteiger partial charge in [-0.05, 0) is 19.1 Å². The van der Waals surface area contributed by atoms with E-state index in [9.17, 15) is 5.11 Å². The van der Waals surface area contributed by atoms with E-state index in [1.807, 2.05) is 6.92 Å². The summed E-state index contributed by atoms with van der Waals surface area (Å²) in [5, 5.41) is 10.9. The van der Waals surface area contributed by atoms with Crippen LogP contribution in [0.25, 0.3) is 0 Å². The number of rotatable bonds is 0. The van der Waals surface area contributed by atoms with Crippen LogP contribution in [-0.2, 0) is 0 Å².